The predicted molar refractivity (Wildman–Crippen MR) is 122 cm³/mol. The molecule has 32 heavy (non-hydrogen) atoms. The molecular formula is C23H17ClFN5O2. The lowest BCUT2D eigenvalue weighted by molar-refractivity contribution is -0.383. The summed E-state index contributed by atoms with van der Waals surface area (Å²) in [5.41, 5.74) is 1.83. The Morgan fingerprint density at radius 1 is 0.906 bits per heavy atom. The summed E-state index contributed by atoms with van der Waals surface area (Å²) >= 11 is 5.82. The fourth-order valence-corrected chi connectivity index (χ4v) is 3.43. The molecule has 0 saturated carbocycles. The second-order valence-electron chi connectivity index (χ2n) is 6.83. The third-order valence-corrected chi connectivity index (χ3v) is 5.02. The van der Waals surface area contributed by atoms with E-state index in [0.717, 1.165) is 17.2 Å². The molecule has 0 amide bonds. The number of rotatable bonds is 7. The van der Waals surface area contributed by atoms with E-state index in [2.05, 4.69) is 20.6 Å². The SMILES string of the molecule is O=[N+]([O-])c1c(Nc2ccc(F)c(Cl)c2)ncnc1NC(c1ccccc1)c1ccccc1. The third-order valence-electron chi connectivity index (χ3n) is 4.73. The molecule has 1 aromatic heterocycles. The van der Waals surface area contributed by atoms with Crippen LogP contribution < -0.4 is 10.6 Å². The first-order valence-corrected chi connectivity index (χ1v) is 9.98. The normalized spacial score (nSPS) is 10.7. The maximum Gasteiger partial charge on any atom is 0.353 e. The summed E-state index contributed by atoms with van der Waals surface area (Å²) in [7, 11) is 0. The van der Waals surface area contributed by atoms with Gasteiger partial charge in [-0.25, -0.2) is 14.4 Å². The molecule has 7 nitrogen and oxygen atoms in total. The predicted octanol–water partition coefficient (Wildman–Crippen LogP) is 6.12. The van der Waals surface area contributed by atoms with Crippen LogP contribution in [0.3, 0.4) is 0 Å². The van der Waals surface area contributed by atoms with Gasteiger partial charge in [-0.2, -0.15) is 0 Å². The number of nitrogens with zero attached hydrogens (tertiary/aromatic N) is 3. The monoisotopic (exact) mass is 449 g/mol. The number of aromatic nitrogens is 2. The molecule has 0 unspecified atom stereocenters. The van der Waals surface area contributed by atoms with Crippen molar-refractivity contribution in [3.63, 3.8) is 0 Å². The zero-order valence-electron chi connectivity index (χ0n) is 16.6. The number of nitro groups is 1. The lowest BCUT2D eigenvalue weighted by Gasteiger charge is -2.20. The topological polar surface area (TPSA) is 93.0 Å². The van der Waals surface area contributed by atoms with Crippen molar-refractivity contribution in [1.82, 2.24) is 9.97 Å². The maximum atomic E-state index is 13.5. The van der Waals surface area contributed by atoms with Crippen molar-refractivity contribution in [2.45, 2.75) is 6.04 Å². The molecule has 0 saturated heterocycles. The van der Waals surface area contributed by atoms with Gasteiger partial charge in [0.05, 0.1) is 16.0 Å². The summed E-state index contributed by atoms with van der Waals surface area (Å²) in [5.74, 6) is -0.598. The molecule has 0 atom stereocenters. The van der Waals surface area contributed by atoms with E-state index in [-0.39, 0.29) is 28.4 Å². The first kappa shape index (κ1) is 21.2. The number of nitrogens with one attached hydrogen (secondary N) is 2. The summed E-state index contributed by atoms with van der Waals surface area (Å²) < 4.78 is 13.5. The van der Waals surface area contributed by atoms with E-state index in [0.29, 0.717) is 5.69 Å². The highest BCUT2D eigenvalue weighted by atomic mass is 35.5. The van der Waals surface area contributed by atoms with Crippen LogP contribution in [0.2, 0.25) is 5.02 Å². The van der Waals surface area contributed by atoms with Crippen LogP contribution in [0.25, 0.3) is 0 Å². The van der Waals surface area contributed by atoms with Gasteiger partial charge in [-0.1, -0.05) is 72.3 Å². The Balaban J connectivity index is 1.74. The van der Waals surface area contributed by atoms with Crippen LogP contribution in [0, 0.1) is 15.9 Å². The molecule has 1 heterocycles. The molecule has 4 rings (SSSR count). The highest BCUT2D eigenvalue weighted by molar-refractivity contribution is 6.31. The van der Waals surface area contributed by atoms with Crippen molar-refractivity contribution < 1.29 is 9.31 Å². The van der Waals surface area contributed by atoms with Crippen molar-refractivity contribution in [3.8, 4) is 0 Å². The van der Waals surface area contributed by atoms with Gasteiger partial charge in [0.15, 0.2) is 0 Å². The van der Waals surface area contributed by atoms with Gasteiger partial charge < -0.3 is 10.6 Å². The van der Waals surface area contributed by atoms with Crippen LogP contribution in [0.1, 0.15) is 17.2 Å². The van der Waals surface area contributed by atoms with E-state index in [1.807, 2.05) is 60.7 Å². The first-order chi connectivity index (χ1) is 15.5. The average molecular weight is 450 g/mol. The molecular weight excluding hydrogens is 433 g/mol. The van der Waals surface area contributed by atoms with Crippen molar-refractivity contribution in [2.24, 2.45) is 0 Å². The van der Waals surface area contributed by atoms with Crippen LogP contribution in [-0.4, -0.2) is 14.9 Å². The largest absolute Gasteiger partial charge is 0.353 e. The average Bonchev–Trinajstić information content (AvgIpc) is 2.81. The van der Waals surface area contributed by atoms with Crippen LogP contribution in [-0.2, 0) is 0 Å². The van der Waals surface area contributed by atoms with E-state index < -0.39 is 10.7 Å². The molecule has 9 heteroatoms. The Hall–Kier alpha value is -4.04. The molecule has 0 aliphatic heterocycles. The summed E-state index contributed by atoms with van der Waals surface area (Å²) in [6.45, 7) is 0. The van der Waals surface area contributed by atoms with Crippen molar-refractivity contribution in [1.29, 1.82) is 0 Å². The van der Waals surface area contributed by atoms with E-state index in [9.17, 15) is 14.5 Å². The molecule has 0 aliphatic rings. The summed E-state index contributed by atoms with van der Waals surface area (Å²) in [4.78, 5) is 19.6. The van der Waals surface area contributed by atoms with Crippen molar-refractivity contribution in [2.75, 3.05) is 10.6 Å². The number of hydrogen-bond acceptors (Lipinski definition) is 6. The van der Waals surface area contributed by atoms with Gasteiger partial charge in [0.25, 0.3) is 0 Å². The Kier molecular flexibility index (Phi) is 6.23. The minimum Gasteiger partial charge on any atom is -0.353 e. The van der Waals surface area contributed by atoms with Crippen molar-refractivity contribution >= 4 is 34.6 Å². The Morgan fingerprint density at radius 2 is 1.50 bits per heavy atom. The fourth-order valence-electron chi connectivity index (χ4n) is 3.25. The van der Waals surface area contributed by atoms with Gasteiger partial charge in [-0.15, -0.1) is 0 Å². The summed E-state index contributed by atoms with van der Waals surface area (Å²) in [5, 5.41) is 17.9. The second kappa shape index (κ2) is 9.40. The minimum atomic E-state index is -0.592. The Morgan fingerprint density at radius 3 is 2.06 bits per heavy atom. The minimum absolute atomic E-state index is 0.0402. The Labute approximate surface area is 188 Å². The smallest absolute Gasteiger partial charge is 0.353 e. The van der Waals surface area contributed by atoms with Crippen LogP contribution in [0.5, 0.6) is 0 Å². The zero-order chi connectivity index (χ0) is 22.5. The molecule has 2 N–H and O–H groups in total. The number of hydrogen-bond donors (Lipinski definition) is 2. The van der Waals surface area contributed by atoms with E-state index in [1.165, 1.54) is 18.5 Å². The fraction of sp³-hybridized carbons (Fsp3) is 0.0435. The lowest BCUT2D eigenvalue weighted by atomic mass is 9.99. The Bertz CT molecular complexity index is 1200. The molecule has 3 aromatic carbocycles. The summed E-state index contributed by atoms with van der Waals surface area (Å²) in [6.07, 6.45) is 1.22. The highest BCUT2D eigenvalue weighted by Crippen LogP contribution is 2.35. The lowest BCUT2D eigenvalue weighted by Crippen LogP contribution is -2.15. The molecule has 0 bridgehead atoms. The maximum absolute atomic E-state index is 13.5. The van der Waals surface area contributed by atoms with Gasteiger partial charge in [-0.05, 0) is 29.3 Å². The molecule has 4 aromatic rings. The molecule has 0 radical (unpaired) electrons. The van der Waals surface area contributed by atoms with Gasteiger partial charge >= 0.3 is 5.69 Å². The van der Waals surface area contributed by atoms with E-state index in [4.69, 9.17) is 11.6 Å². The standard InChI is InChI=1S/C23H17ClFN5O2/c24-18-13-17(11-12-19(18)25)28-22-21(30(31)32)23(27-14-26-22)29-20(15-7-3-1-4-8-15)16-9-5-2-6-10-16/h1-14,20H,(H2,26,27,28,29). The third kappa shape index (κ3) is 4.65. The number of benzene rings is 3. The molecule has 0 aliphatic carbocycles. The van der Waals surface area contributed by atoms with Gasteiger partial charge in [-0.3, -0.25) is 10.1 Å². The number of anilines is 3. The highest BCUT2D eigenvalue weighted by Gasteiger charge is 2.26. The van der Waals surface area contributed by atoms with E-state index in [1.54, 1.807) is 0 Å². The van der Waals surface area contributed by atoms with Gasteiger partial charge in [0, 0.05) is 5.69 Å². The first-order valence-electron chi connectivity index (χ1n) is 9.61. The van der Waals surface area contributed by atoms with Crippen molar-refractivity contribution in [3.05, 3.63) is 117 Å². The van der Waals surface area contributed by atoms with Gasteiger partial charge in [0.2, 0.25) is 11.6 Å². The van der Waals surface area contributed by atoms with E-state index >= 15 is 0 Å². The van der Waals surface area contributed by atoms with Crippen LogP contribution in [0.4, 0.5) is 27.4 Å². The quantitative estimate of drug-likeness (QED) is 0.260. The van der Waals surface area contributed by atoms with Crippen LogP contribution in [0.15, 0.2) is 85.2 Å². The number of halogens is 2. The van der Waals surface area contributed by atoms with Gasteiger partial charge in [0.1, 0.15) is 12.1 Å². The molecule has 0 fully saturated rings. The zero-order valence-corrected chi connectivity index (χ0v) is 17.3. The second-order valence-corrected chi connectivity index (χ2v) is 7.24. The molecule has 160 valence electrons. The summed E-state index contributed by atoms with van der Waals surface area (Å²) in [6, 6.07) is 22.6. The molecule has 0 spiro atoms. The van der Waals surface area contributed by atoms with Crippen LogP contribution >= 0.6 is 11.6 Å².